The maximum absolute atomic E-state index is 13.7. The second-order valence-electron chi connectivity index (χ2n) is 4.09. The average Bonchev–Trinajstić information content (AvgIpc) is 2.49. The first-order valence-corrected chi connectivity index (χ1v) is 6.80. The summed E-state index contributed by atoms with van der Waals surface area (Å²) in [5.74, 6) is -0.146. The molecule has 0 saturated carbocycles. The third-order valence-corrected chi connectivity index (χ3v) is 3.43. The highest BCUT2D eigenvalue weighted by atomic mass is 79.9. The molecule has 0 saturated heterocycles. The van der Waals surface area contributed by atoms with Gasteiger partial charge in [0.15, 0.2) is 11.5 Å². The van der Waals surface area contributed by atoms with Crippen LogP contribution in [-0.4, -0.2) is 19.2 Å². The highest BCUT2D eigenvalue weighted by Gasteiger charge is 2.13. The molecule has 0 unspecified atom stereocenters. The molecule has 0 bridgehead atoms. The van der Waals surface area contributed by atoms with Crippen molar-refractivity contribution in [2.75, 3.05) is 19.5 Å². The van der Waals surface area contributed by atoms with Gasteiger partial charge in [-0.2, -0.15) is 0 Å². The van der Waals surface area contributed by atoms with Crippen molar-refractivity contribution in [2.24, 2.45) is 0 Å². The van der Waals surface area contributed by atoms with Gasteiger partial charge in [0.2, 0.25) is 0 Å². The Balaban J connectivity index is 2.22. The van der Waals surface area contributed by atoms with E-state index in [9.17, 15) is 8.78 Å². The Morgan fingerprint density at radius 3 is 2.62 bits per heavy atom. The number of anilines is 1. The van der Waals surface area contributed by atoms with Gasteiger partial charge in [0.1, 0.15) is 17.3 Å². The van der Waals surface area contributed by atoms with E-state index in [-0.39, 0.29) is 16.7 Å². The molecule has 2 aromatic rings. The van der Waals surface area contributed by atoms with Gasteiger partial charge >= 0.3 is 0 Å². The van der Waals surface area contributed by atoms with E-state index >= 15 is 0 Å². The Labute approximate surface area is 129 Å². The lowest BCUT2D eigenvalue weighted by Gasteiger charge is -2.13. The first-order chi connectivity index (χ1) is 10.1. The Morgan fingerprint density at radius 2 is 1.95 bits per heavy atom. The van der Waals surface area contributed by atoms with Crippen molar-refractivity contribution >= 4 is 21.6 Å². The highest BCUT2D eigenvalue weighted by Crippen LogP contribution is 2.30. The molecule has 0 spiro atoms. The number of hydrogen-bond donors (Lipinski definition) is 1. The molecule has 1 aromatic carbocycles. The zero-order valence-corrected chi connectivity index (χ0v) is 13.0. The van der Waals surface area contributed by atoms with Crippen LogP contribution in [0.2, 0.25) is 0 Å². The van der Waals surface area contributed by atoms with Crippen molar-refractivity contribution in [3.05, 3.63) is 46.2 Å². The van der Waals surface area contributed by atoms with Crippen molar-refractivity contribution in [3.63, 3.8) is 0 Å². The molecule has 0 amide bonds. The molecule has 112 valence electrons. The van der Waals surface area contributed by atoms with Gasteiger partial charge < -0.3 is 14.8 Å². The van der Waals surface area contributed by atoms with Crippen molar-refractivity contribution in [2.45, 2.75) is 6.54 Å². The number of nitrogens with one attached hydrogen (secondary N) is 1. The quantitative estimate of drug-likeness (QED) is 0.826. The first-order valence-electron chi connectivity index (χ1n) is 6.01. The van der Waals surface area contributed by atoms with E-state index in [0.717, 1.165) is 12.1 Å². The van der Waals surface area contributed by atoms with E-state index in [4.69, 9.17) is 9.47 Å². The Hall–Kier alpha value is -1.89. The second-order valence-corrected chi connectivity index (χ2v) is 4.95. The van der Waals surface area contributed by atoms with Crippen LogP contribution in [0.3, 0.4) is 0 Å². The highest BCUT2D eigenvalue weighted by molar-refractivity contribution is 9.10. The van der Waals surface area contributed by atoms with Crippen LogP contribution in [0.25, 0.3) is 0 Å². The Kier molecular flexibility index (Phi) is 4.95. The van der Waals surface area contributed by atoms with Crippen LogP contribution in [-0.2, 0) is 6.54 Å². The average molecular weight is 359 g/mol. The summed E-state index contributed by atoms with van der Waals surface area (Å²) in [7, 11) is 3.00. The van der Waals surface area contributed by atoms with E-state index in [1.165, 1.54) is 14.2 Å². The summed E-state index contributed by atoms with van der Waals surface area (Å²) < 4.78 is 37.6. The molecule has 0 aliphatic rings. The number of aromatic nitrogens is 1. The standard InChI is InChI=1S/C14H13BrF2N2O2/c1-20-13-3-4-18-12(14(13)21-2)7-19-11-6-9(16)8(15)5-10(11)17/h3-6,19H,7H2,1-2H3. The number of halogens is 3. The van der Waals surface area contributed by atoms with Gasteiger partial charge in [0, 0.05) is 18.3 Å². The zero-order chi connectivity index (χ0) is 15.4. The molecular weight excluding hydrogens is 346 g/mol. The van der Waals surface area contributed by atoms with Gasteiger partial charge in [-0.25, -0.2) is 8.78 Å². The maximum Gasteiger partial charge on any atom is 0.184 e. The van der Waals surface area contributed by atoms with Gasteiger partial charge in [-0.3, -0.25) is 4.98 Å². The lowest BCUT2D eigenvalue weighted by atomic mass is 10.2. The molecule has 7 heteroatoms. The van der Waals surface area contributed by atoms with Crippen LogP contribution < -0.4 is 14.8 Å². The van der Waals surface area contributed by atoms with Crippen LogP contribution >= 0.6 is 15.9 Å². The summed E-state index contributed by atoms with van der Waals surface area (Å²) >= 11 is 2.93. The maximum atomic E-state index is 13.7. The lowest BCUT2D eigenvalue weighted by Crippen LogP contribution is -2.06. The summed E-state index contributed by atoms with van der Waals surface area (Å²) in [6.45, 7) is 0.165. The first kappa shape index (κ1) is 15.5. The predicted molar refractivity (Wildman–Crippen MR) is 78.7 cm³/mol. The van der Waals surface area contributed by atoms with Gasteiger partial charge in [-0.15, -0.1) is 0 Å². The third-order valence-electron chi connectivity index (χ3n) is 2.82. The van der Waals surface area contributed by atoms with Crippen LogP contribution in [0, 0.1) is 11.6 Å². The van der Waals surface area contributed by atoms with Gasteiger partial charge in [-0.05, 0) is 22.0 Å². The van der Waals surface area contributed by atoms with Crippen LogP contribution in [0.1, 0.15) is 5.69 Å². The fourth-order valence-electron chi connectivity index (χ4n) is 1.81. The molecule has 4 nitrogen and oxygen atoms in total. The van der Waals surface area contributed by atoms with Crippen molar-refractivity contribution in [1.29, 1.82) is 0 Å². The lowest BCUT2D eigenvalue weighted by molar-refractivity contribution is 0.350. The molecule has 0 radical (unpaired) electrons. The molecule has 21 heavy (non-hydrogen) atoms. The van der Waals surface area contributed by atoms with E-state index < -0.39 is 11.6 Å². The number of nitrogens with zero attached hydrogens (tertiary/aromatic N) is 1. The number of hydrogen-bond acceptors (Lipinski definition) is 4. The summed E-state index contributed by atoms with van der Waals surface area (Å²) in [5.41, 5.74) is 0.571. The van der Waals surface area contributed by atoms with Gasteiger partial charge in [0.25, 0.3) is 0 Å². The normalized spacial score (nSPS) is 10.3. The monoisotopic (exact) mass is 358 g/mol. The van der Waals surface area contributed by atoms with Crippen LogP contribution in [0.15, 0.2) is 28.9 Å². The van der Waals surface area contributed by atoms with E-state index in [1.807, 2.05) is 0 Å². The van der Waals surface area contributed by atoms with Crippen molar-refractivity contribution in [1.82, 2.24) is 4.98 Å². The molecule has 0 aliphatic heterocycles. The van der Waals surface area contributed by atoms with Crippen LogP contribution in [0.5, 0.6) is 11.5 Å². The number of rotatable bonds is 5. The molecule has 1 aromatic heterocycles. The summed E-state index contributed by atoms with van der Waals surface area (Å²) in [4.78, 5) is 4.15. The summed E-state index contributed by atoms with van der Waals surface area (Å²) in [5, 5.41) is 2.79. The molecular formula is C14H13BrF2N2O2. The minimum absolute atomic E-state index is 0.0439. The topological polar surface area (TPSA) is 43.4 Å². The number of pyridine rings is 1. The van der Waals surface area contributed by atoms with Crippen molar-refractivity contribution < 1.29 is 18.3 Å². The molecule has 0 atom stereocenters. The van der Waals surface area contributed by atoms with Crippen LogP contribution in [0.4, 0.5) is 14.5 Å². The fraction of sp³-hybridized carbons (Fsp3) is 0.214. The predicted octanol–water partition coefficient (Wildman–Crippen LogP) is 3.75. The molecule has 1 N–H and O–H groups in total. The summed E-state index contributed by atoms with van der Waals surface area (Å²) in [6.07, 6.45) is 1.55. The largest absolute Gasteiger partial charge is 0.493 e. The molecule has 0 fully saturated rings. The zero-order valence-electron chi connectivity index (χ0n) is 11.4. The summed E-state index contributed by atoms with van der Waals surface area (Å²) in [6, 6.07) is 3.79. The van der Waals surface area contributed by atoms with Crippen molar-refractivity contribution in [3.8, 4) is 11.5 Å². The Morgan fingerprint density at radius 1 is 1.19 bits per heavy atom. The molecule has 2 rings (SSSR count). The number of methoxy groups -OCH3 is 2. The van der Waals surface area contributed by atoms with E-state index in [0.29, 0.717) is 17.2 Å². The molecule has 1 heterocycles. The number of benzene rings is 1. The van der Waals surface area contributed by atoms with E-state index in [1.54, 1.807) is 12.3 Å². The number of ether oxygens (including phenoxy) is 2. The minimum atomic E-state index is -0.565. The fourth-order valence-corrected chi connectivity index (χ4v) is 2.13. The minimum Gasteiger partial charge on any atom is -0.493 e. The van der Waals surface area contributed by atoms with Gasteiger partial charge in [-0.1, -0.05) is 0 Å². The van der Waals surface area contributed by atoms with Gasteiger partial charge in [0.05, 0.1) is 30.9 Å². The molecule has 0 aliphatic carbocycles. The second kappa shape index (κ2) is 6.71. The smallest absolute Gasteiger partial charge is 0.184 e. The Bertz CT molecular complexity index is 653. The SMILES string of the molecule is COc1ccnc(CNc2cc(F)c(Br)cc2F)c1OC. The van der Waals surface area contributed by atoms with E-state index in [2.05, 4.69) is 26.2 Å². The third kappa shape index (κ3) is 3.41.